The molecule has 0 radical (unpaired) electrons. The highest BCUT2D eigenvalue weighted by molar-refractivity contribution is 5.27. The molecule has 41 heavy (non-hydrogen) atoms. The molecule has 0 aromatic heterocycles. The van der Waals surface area contributed by atoms with Crippen molar-refractivity contribution in [3.05, 3.63) is 29.8 Å². The second-order valence-electron chi connectivity index (χ2n) is 9.56. The van der Waals surface area contributed by atoms with Gasteiger partial charge in [-0.05, 0) is 30.5 Å². The van der Waals surface area contributed by atoms with E-state index >= 15 is 0 Å². The summed E-state index contributed by atoms with van der Waals surface area (Å²) in [7, 11) is 0. The molecule has 1 aromatic rings. The lowest BCUT2D eigenvalue weighted by atomic mass is 10.0. The fourth-order valence-corrected chi connectivity index (χ4v) is 3.78. The Bertz CT molecular complexity index is 646. The minimum absolute atomic E-state index is 0.0244. The van der Waals surface area contributed by atoms with Gasteiger partial charge in [0, 0.05) is 0 Å². The van der Waals surface area contributed by atoms with Crippen LogP contribution in [0, 0.1) is 0 Å². The first-order valence-corrected chi connectivity index (χ1v) is 15.3. The molecular weight excluding hydrogens is 532 g/mol. The molecule has 1 atom stereocenters. The number of hydrogen-bond donors (Lipinski definition) is 2. The van der Waals surface area contributed by atoms with Crippen LogP contribution < -0.4 is 4.74 Å². The molecule has 0 spiro atoms. The summed E-state index contributed by atoms with van der Waals surface area (Å²) in [5.41, 5.74) is 1.30. The summed E-state index contributed by atoms with van der Waals surface area (Å²) in [4.78, 5) is 0. The molecule has 0 aliphatic carbocycles. The summed E-state index contributed by atoms with van der Waals surface area (Å²) in [5, 5.41) is 18.6. The summed E-state index contributed by atoms with van der Waals surface area (Å²) in [6.45, 7) is 8.32. The Morgan fingerprint density at radius 1 is 0.537 bits per heavy atom. The fraction of sp³-hybridized carbons (Fsp3) is 0.806. The molecule has 0 fully saturated rings. The molecule has 1 unspecified atom stereocenters. The van der Waals surface area contributed by atoms with Crippen LogP contribution in [0.1, 0.15) is 57.4 Å². The van der Waals surface area contributed by atoms with Crippen LogP contribution in [0.4, 0.5) is 0 Å². The third-order valence-corrected chi connectivity index (χ3v) is 5.99. The van der Waals surface area contributed by atoms with Gasteiger partial charge in [0.1, 0.15) is 12.4 Å². The first-order valence-electron chi connectivity index (χ1n) is 15.3. The zero-order valence-electron chi connectivity index (χ0n) is 25.3. The zero-order valence-corrected chi connectivity index (χ0v) is 25.3. The lowest BCUT2D eigenvalue weighted by Gasteiger charge is -2.14. The molecule has 0 aliphatic rings. The summed E-state index contributed by atoms with van der Waals surface area (Å²) in [5.74, 6) is 0.636. The highest BCUT2D eigenvalue weighted by atomic mass is 16.6. The molecule has 2 N–H and O–H groups in total. The molecule has 1 rings (SSSR count). The molecule has 240 valence electrons. The van der Waals surface area contributed by atoms with Crippen LogP contribution in [0.15, 0.2) is 24.3 Å². The molecule has 0 amide bonds. The minimum Gasteiger partial charge on any atom is -0.463 e. The second kappa shape index (κ2) is 30.1. The van der Waals surface area contributed by atoms with E-state index in [2.05, 4.69) is 19.1 Å². The monoisotopic (exact) mass is 588 g/mol. The van der Waals surface area contributed by atoms with Gasteiger partial charge in [0.2, 0.25) is 6.29 Å². The van der Waals surface area contributed by atoms with Crippen LogP contribution in [0.5, 0.6) is 5.75 Å². The highest BCUT2D eigenvalue weighted by Crippen LogP contribution is 2.16. The smallest absolute Gasteiger partial charge is 0.221 e. The van der Waals surface area contributed by atoms with E-state index in [1.165, 1.54) is 50.5 Å². The highest BCUT2D eigenvalue weighted by Gasteiger charge is 2.06. The fourth-order valence-electron chi connectivity index (χ4n) is 3.78. The maximum Gasteiger partial charge on any atom is 0.221 e. The second-order valence-corrected chi connectivity index (χ2v) is 9.56. The predicted octanol–water partition coefficient (Wildman–Crippen LogP) is 3.79. The Labute approximate surface area is 247 Å². The summed E-state index contributed by atoms with van der Waals surface area (Å²) >= 11 is 0. The van der Waals surface area contributed by atoms with Crippen LogP contribution >= 0.6 is 0 Å². The molecule has 0 heterocycles. The molecule has 10 nitrogen and oxygen atoms in total. The van der Waals surface area contributed by atoms with Crippen molar-refractivity contribution in [1.29, 1.82) is 0 Å². The normalized spacial score (nSPS) is 12.2. The van der Waals surface area contributed by atoms with Gasteiger partial charge in [0.15, 0.2) is 0 Å². The van der Waals surface area contributed by atoms with Gasteiger partial charge in [-0.25, -0.2) is 0 Å². The van der Waals surface area contributed by atoms with Gasteiger partial charge in [0.05, 0.1) is 92.5 Å². The Hall–Kier alpha value is -1.34. The number of rotatable bonds is 32. The van der Waals surface area contributed by atoms with Crippen molar-refractivity contribution in [2.75, 3.05) is 99.1 Å². The zero-order chi connectivity index (χ0) is 29.5. The standard InChI is InChI=1S/C31H56O10/c1-2-3-4-5-6-7-8-9-29-10-12-30(13-11-29)41-31(33)28-40-27-26-39-25-24-38-23-22-37-21-20-36-19-18-35-17-16-34-15-14-32/h10-13,31-33H,2-9,14-28H2,1H3. The number of ether oxygens (including phenoxy) is 8. The number of aliphatic hydroxyl groups is 2. The largest absolute Gasteiger partial charge is 0.463 e. The van der Waals surface area contributed by atoms with Gasteiger partial charge in [0.25, 0.3) is 0 Å². The molecule has 0 aliphatic heterocycles. The van der Waals surface area contributed by atoms with E-state index in [1.54, 1.807) is 0 Å². The van der Waals surface area contributed by atoms with E-state index in [0.717, 1.165) is 6.42 Å². The lowest BCUT2D eigenvalue weighted by Crippen LogP contribution is -2.23. The van der Waals surface area contributed by atoms with Gasteiger partial charge < -0.3 is 48.1 Å². The van der Waals surface area contributed by atoms with Crippen LogP contribution in [0.3, 0.4) is 0 Å². The van der Waals surface area contributed by atoms with Crippen LogP contribution in [0.25, 0.3) is 0 Å². The predicted molar refractivity (Wildman–Crippen MR) is 158 cm³/mol. The number of aliphatic hydroxyl groups excluding tert-OH is 2. The number of benzene rings is 1. The van der Waals surface area contributed by atoms with Gasteiger partial charge in [-0.3, -0.25) is 0 Å². The lowest BCUT2D eigenvalue weighted by molar-refractivity contribution is -0.0860. The van der Waals surface area contributed by atoms with Gasteiger partial charge in [-0.1, -0.05) is 57.6 Å². The number of aryl methyl sites for hydroxylation is 1. The SMILES string of the molecule is CCCCCCCCCc1ccc(OC(O)COCCOCCOCCOCCOCCOCCOCCO)cc1. The van der Waals surface area contributed by atoms with Crippen molar-refractivity contribution in [3.63, 3.8) is 0 Å². The van der Waals surface area contributed by atoms with E-state index < -0.39 is 6.29 Å². The molecule has 10 heteroatoms. The van der Waals surface area contributed by atoms with Crippen LogP contribution in [-0.4, -0.2) is 116 Å². The molecule has 0 bridgehead atoms. The maximum atomic E-state index is 10.0. The average molecular weight is 589 g/mol. The molecular formula is C31H56O10. The van der Waals surface area contributed by atoms with Gasteiger partial charge in [-0.15, -0.1) is 0 Å². The van der Waals surface area contributed by atoms with Gasteiger partial charge in [-0.2, -0.15) is 0 Å². The van der Waals surface area contributed by atoms with Crippen molar-refractivity contribution < 1.29 is 48.1 Å². The van der Waals surface area contributed by atoms with E-state index in [1.807, 2.05) is 12.1 Å². The van der Waals surface area contributed by atoms with Crippen molar-refractivity contribution in [2.24, 2.45) is 0 Å². The summed E-state index contributed by atoms with van der Waals surface area (Å²) < 4.78 is 43.1. The topological polar surface area (TPSA) is 114 Å². The third-order valence-electron chi connectivity index (χ3n) is 5.99. The van der Waals surface area contributed by atoms with Crippen molar-refractivity contribution in [3.8, 4) is 5.75 Å². The van der Waals surface area contributed by atoms with Gasteiger partial charge >= 0.3 is 0 Å². The Morgan fingerprint density at radius 2 is 0.951 bits per heavy atom. The van der Waals surface area contributed by atoms with E-state index in [-0.39, 0.29) is 13.2 Å². The Kier molecular flexibility index (Phi) is 27.7. The Morgan fingerprint density at radius 3 is 1.41 bits per heavy atom. The number of unbranched alkanes of at least 4 members (excludes halogenated alkanes) is 6. The minimum atomic E-state index is -1.02. The quantitative estimate of drug-likeness (QED) is 0.0952. The van der Waals surface area contributed by atoms with Crippen LogP contribution in [0.2, 0.25) is 0 Å². The Balaban J connectivity index is 1.82. The molecule has 1 aromatic carbocycles. The molecule has 0 saturated carbocycles. The van der Waals surface area contributed by atoms with Crippen LogP contribution in [-0.2, 0) is 39.6 Å². The van der Waals surface area contributed by atoms with Crippen molar-refractivity contribution in [2.45, 2.75) is 64.6 Å². The van der Waals surface area contributed by atoms with E-state index in [0.29, 0.717) is 91.6 Å². The van der Waals surface area contributed by atoms with E-state index in [9.17, 15) is 5.11 Å². The first kappa shape index (κ1) is 37.7. The first-order chi connectivity index (χ1) is 20.3. The van der Waals surface area contributed by atoms with Crippen molar-refractivity contribution >= 4 is 0 Å². The number of hydrogen-bond acceptors (Lipinski definition) is 10. The third kappa shape index (κ3) is 26.1. The summed E-state index contributed by atoms with van der Waals surface area (Å²) in [6.07, 6.45) is 9.22. The van der Waals surface area contributed by atoms with Crippen molar-refractivity contribution in [1.82, 2.24) is 0 Å². The van der Waals surface area contributed by atoms with E-state index in [4.69, 9.17) is 43.0 Å². The average Bonchev–Trinajstić information content (AvgIpc) is 2.98. The maximum absolute atomic E-state index is 10.0. The summed E-state index contributed by atoms with van der Waals surface area (Å²) in [6, 6.07) is 7.94. The molecule has 0 saturated heterocycles.